The second-order valence-electron chi connectivity index (χ2n) is 2.68. The first kappa shape index (κ1) is 7.40. The predicted octanol–water partition coefficient (Wildman–Crippen LogP) is 2.46. The van der Waals surface area contributed by atoms with Gasteiger partial charge in [0, 0.05) is 11.8 Å². The molecule has 1 nitrogen and oxygen atoms in total. The molecule has 2 unspecified atom stereocenters. The van der Waals surface area contributed by atoms with Gasteiger partial charge in [-0.15, -0.1) is 0 Å². The summed E-state index contributed by atoms with van der Waals surface area (Å²) < 4.78 is 25.9. The molecule has 0 saturated carbocycles. The molecule has 1 aliphatic carbocycles. The van der Waals surface area contributed by atoms with Crippen LogP contribution in [0.25, 0.3) is 6.08 Å². The molecule has 0 spiro atoms. The molecule has 1 aromatic heterocycles. The van der Waals surface area contributed by atoms with E-state index < -0.39 is 12.3 Å². The van der Waals surface area contributed by atoms with Gasteiger partial charge in [-0.05, 0) is 18.2 Å². The zero-order valence-electron chi connectivity index (χ0n) is 6.24. The molecule has 0 amide bonds. The summed E-state index contributed by atoms with van der Waals surface area (Å²) in [4.78, 5) is 3.91. The van der Waals surface area contributed by atoms with E-state index in [-0.39, 0.29) is 0 Å². The summed E-state index contributed by atoms with van der Waals surface area (Å²) in [6, 6.07) is 3.17. The molecule has 3 heteroatoms. The van der Waals surface area contributed by atoms with E-state index >= 15 is 0 Å². The smallest absolute Gasteiger partial charge is 0.162 e. The number of allylic oxidation sites excluding steroid dienone is 1. The average molecular weight is 167 g/mol. The van der Waals surface area contributed by atoms with Crippen LogP contribution >= 0.6 is 0 Å². The van der Waals surface area contributed by atoms with Crippen molar-refractivity contribution in [2.75, 3.05) is 0 Å². The summed E-state index contributed by atoms with van der Waals surface area (Å²) >= 11 is 0. The zero-order chi connectivity index (χ0) is 8.55. The maximum absolute atomic E-state index is 13.1. The Hall–Kier alpha value is -1.25. The number of pyridine rings is 1. The lowest BCUT2D eigenvalue weighted by atomic mass is 9.99. The van der Waals surface area contributed by atoms with Gasteiger partial charge >= 0.3 is 0 Å². The van der Waals surface area contributed by atoms with Crippen molar-refractivity contribution >= 4 is 6.08 Å². The predicted molar refractivity (Wildman–Crippen MR) is 42.0 cm³/mol. The highest BCUT2D eigenvalue weighted by molar-refractivity contribution is 5.54. The van der Waals surface area contributed by atoms with Gasteiger partial charge < -0.3 is 0 Å². The second-order valence-corrected chi connectivity index (χ2v) is 2.68. The lowest BCUT2D eigenvalue weighted by molar-refractivity contribution is 0.205. The fraction of sp³-hybridized carbons (Fsp3) is 0.222. The van der Waals surface area contributed by atoms with Crippen molar-refractivity contribution in [3.8, 4) is 0 Å². The van der Waals surface area contributed by atoms with Crippen molar-refractivity contribution in [2.24, 2.45) is 0 Å². The summed E-state index contributed by atoms with van der Waals surface area (Å²) in [6.07, 6.45) is 1.19. The van der Waals surface area contributed by atoms with E-state index in [0.29, 0.717) is 11.3 Å². The van der Waals surface area contributed by atoms with Gasteiger partial charge in [0.15, 0.2) is 12.3 Å². The standard InChI is InChI=1S/C9H7F2N/c10-7-3-4-8-6(9(7)11)2-1-5-12-8/h1-5,7,9H. The lowest BCUT2D eigenvalue weighted by Crippen LogP contribution is -2.12. The van der Waals surface area contributed by atoms with Crippen molar-refractivity contribution in [3.63, 3.8) is 0 Å². The highest BCUT2D eigenvalue weighted by Crippen LogP contribution is 2.31. The minimum absolute atomic E-state index is 0.340. The number of fused-ring (bicyclic) bond motifs is 1. The Kier molecular flexibility index (Phi) is 1.64. The van der Waals surface area contributed by atoms with Gasteiger partial charge in [-0.3, -0.25) is 4.98 Å². The number of rotatable bonds is 0. The molecule has 2 rings (SSSR count). The van der Waals surface area contributed by atoms with E-state index in [1.54, 1.807) is 18.3 Å². The first-order valence-corrected chi connectivity index (χ1v) is 3.70. The molecule has 12 heavy (non-hydrogen) atoms. The maximum Gasteiger partial charge on any atom is 0.162 e. The summed E-state index contributed by atoms with van der Waals surface area (Å²) in [5.74, 6) is 0. The van der Waals surface area contributed by atoms with Crippen LogP contribution in [0.4, 0.5) is 8.78 Å². The molecule has 0 saturated heterocycles. The number of alkyl halides is 2. The quantitative estimate of drug-likeness (QED) is 0.578. The molecule has 0 aromatic carbocycles. The van der Waals surface area contributed by atoms with Crippen LogP contribution in [0, 0.1) is 0 Å². The van der Waals surface area contributed by atoms with E-state index in [2.05, 4.69) is 4.98 Å². The number of aromatic nitrogens is 1. The molecule has 0 fully saturated rings. The van der Waals surface area contributed by atoms with Crippen LogP contribution < -0.4 is 0 Å². The van der Waals surface area contributed by atoms with Crippen LogP contribution in [0.2, 0.25) is 0 Å². The fourth-order valence-electron chi connectivity index (χ4n) is 1.25. The minimum atomic E-state index is -1.56. The van der Waals surface area contributed by atoms with Gasteiger partial charge in [-0.2, -0.15) is 0 Å². The van der Waals surface area contributed by atoms with Crippen molar-refractivity contribution in [2.45, 2.75) is 12.3 Å². The second kappa shape index (κ2) is 2.66. The Morgan fingerprint density at radius 1 is 1.33 bits per heavy atom. The molecule has 0 aliphatic heterocycles. The SMILES string of the molecule is FC1C=Cc2ncccc2C1F. The van der Waals surface area contributed by atoms with Gasteiger partial charge in [-0.25, -0.2) is 8.78 Å². The Morgan fingerprint density at radius 3 is 3.00 bits per heavy atom. The van der Waals surface area contributed by atoms with Crippen LogP contribution in [-0.4, -0.2) is 11.2 Å². The molecule has 0 bridgehead atoms. The molecule has 1 heterocycles. The Balaban J connectivity index is 2.52. The average Bonchev–Trinajstić information content (AvgIpc) is 2.12. The Morgan fingerprint density at radius 2 is 2.17 bits per heavy atom. The third-order valence-electron chi connectivity index (χ3n) is 1.89. The molecule has 62 valence electrons. The molecule has 2 atom stereocenters. The third kappa shape index (κ3) is 1.02. The number of halogens is 2. The number of hydrogen-bond acceptors (Lipinski definition) is 1. The number of nitrogens with zero attached hydrogens (tertiary/aromatic N) is 1. The van der Waals surface area contributed by atoms with Crippen molar-refractivity contribution in [1.29, 1.82) is 0 Å². The molecular weight excluding hydrogens is 160 g/mol. The summed E-state index contributed by atoms with van der Waals surface area (Å²) in [7, 11) is 0. The van der Waals surface area contributed by atoms with E-state index in [4.69, 9.17) is 0 Å². The molecular formula is C9H7F2N. The third-order valence-corrected chi connectivity index (χ3v) is 1.89. The van der Waals surface area contributed by atoms with Crippen molar-refractivity contribution < 1.29 is 8.78 Å². The molecule has 0 N–H and O–H groups in total. The maximum atomic E-state index is 13.1. The number of hydrogen-bond donors (Lipinski definition) is 0. The van der Waals surface area contributed by atoms with Crippen LogP contribution in [-0.2, 0) is 0 Å². The van der Waals surface area contributed by atoms with Gasteiger partial charge in [-0.1, -0.05) is 6.07 Å². The monoisotopic (exact) mass is 167 g/mol. The van der Waals surface area contributed by atoms with Gasteiger partial charge in [0.1, 0.15) is 0 Å². The van der Waals surface area contributed by atoms with E-state index in [0.717, 1.165) is 0 Å². The normalized spacial score (nSPS) is 26.8. The van der Waals surface area contributed by atoms with Gasteiger partial charge in [0.05, 0.1) is 5.69 Å². The van der Waals surface area contributed by atoms with Gasteiger partial charge in [0.2, 0.25) is 0 Å². The molecule has 1 aliphatic rings. The zero-order valence-corrected chi connectivity index (χ0v) is 6.24. The van der Waals surface area contributed by atoms with Crippen LogP contribution in [0.3, 0.4) is 0 Å². The van der Waals surface area contributed by atoms with E-state index in [1.165, 1.54) is 12.2 Å². The first-order chi connectivity index (χ1) is 5.79. The van der Waals surface area contributed by atoms with Crippen LogP contribution in [0.5, 0.6) is 0 Å². The summed E-state index contributed by atoms with van der Waals surface area (Å²) in [6.45, 7) is 0. The van der Waals surface area contributed by atoms with Crippen molar-refractivity contribution in [3.05, 3.63) is 35.7 Å². The summed E-state index contributed by atoms with van der Waals surface area (Å²) in [5, 5.41) is 0. The lowest BCUT2D eigenvalue weighted by Gasteiger charge is -2.16. The van der Waals surface area contributed by atoms with Crippen LogP contribution in [0.15, 0.2) is 24.4 Å². The van der Waals surface area contributed by atoms with E-state index in [9.17, 15) is 8.78 Å². The van der Waals surface area contributed by atoms with Crippen molar-refractivity contribution in [1.82, 2.24) is 4.98 Å². The highest BCUT2D eigenvalue weighted by Gasteiger charge is 2.25. The first-order valence-electron chi connectivity index (χ1n) is 3.70. The fourth-order valence-corrected chi connectivity index (χ4v) is 1.25. The van der Waals surface area contributed by atoms with Gasteiger partial charge in [0.25, 0.3) is 0 Å². The van der Waals surface area contributed by atoms with E-state index in [1.807, 2.05) is 0 Å². The topological polar surface area (TPSA) is 12.9 Å². The van der Waals surface area contributed by atoms with Crippen LogP contribution in [0.1, 0.15) is 17.4 Å². The largest absolute Gasteiger partial charge is 0.257 e. The highest BCUT2D eigenvalue weighted by atomic mass is 19.2. The molecule has 1 aromatic rings. The minimum Gasteiger partial charge on any atom is -0.257 e. The summed E-state index contributed by atoms with van der Waals surface area (Å²) in [5.41, 5.74) is 0.867. The Bertz CT molecular complexity index is 322. The molecule has 0 radical (unpaired) electrons. The Labute approximate surface area is 68.7 Å².